The van der Waals surface area contributed by atoms with Crippen LogP contribution in [-0.4, -0.2) is 39.5 Å². The van der Waals surface area contributed by atoms with Crippen LogP contribution in [0.25, 0.3) is 0 Å². The molecule has 0 atom stereocenters. The Morgan fingerprint density at radius 3 is 2.62 bits per heavy atom. The first-order valence-corrected chi connectivity index (χ1v) is 8.21. The smallest absolute Gasteiger partial charge is 0.301 e. The third-order valence-corrected chi connectivity index (χ3v) is 5.18. The fraction of sp³-hybridized carbons (Fsp3) is 0.538. The number of halogens is 1. The molecule has 3 N–H and O–H groups in total. The van der Waals surface area contributed by atoms with Crippen LogP contribution in [0.3, 0.4) is 0 Å². The lowest BCUT2D eigenvalue weighted by molar-refractivity contribution is 0.280. The molecule has 1 saturated heterocycles. The molecule has 0 aromatic heterocycles. The lowest BCUT2D eigenvalue weighted by Crippen LogP contribution is -2.42. The molecular weight excluding hydrogens is 297 g/mol. The van der Waals surface area contributed by atoms with Crippen molar-refractivity contribution in [3.8, 4) is 5.75 Å². The van der Waals surface area contributed by atoms with Crippen LogP contribution in [0.2, 0.25) is 0 Å². The van der Waals surface area contributed by atoms with Gasteiger partial charge in [0, 0.05) is 19.2 Å². The highest BCUT2D eigenvalue weighted by Crippen LogP contribution is 2.23. The second kappa shape index (κ2) is 6.59. The maximum absolute atomic E-state index is 13.6. The van der Waals surface area contributed by atoms with Gasteiger partial charge in [-0.15, -0.1) is 0 Å². The van der Waals surface area contributed by atoms with Crippen molar-refractivity contribution in [2.75, 3.05) is 31.5 Å². The van der Waals surface area contributed by atoms with Gasteiger partial charge in [-0.05, 0) is 37.4 Å². The number of methoxy groups -OCH3 is 1. The Bertz CT molecular complexity index is 586. The number of anilines is 1. The largest absolute Gasteiger partial charge is 0.494 e. The summed E-state index contributed by atoms with van der Waals surface area (Å²) in [6, 6.07) is 3.95. The van der Waals surface area contributed by atoms with Crippen molar-refractivity contribution in [3.63, 3.8) is 0 Å². The number of nitrogens with zero attached hydrogens (tertiary/aromatic N) is 1. The van der Waals surface area contributed by atoms with E-state index < -0.39 is 16.0 Å². The van der Waals surface area contributed by atoms with Crippen LogP contribution in [0.15, 0.2) is 18.2 Å². The number of hydrogen-bond donors (Lipinski definition) is 2. The molecule has 21 heavy (non-hydrogen) atoms. The van der Waals surface area contributed by atoms with Crippen LogP contribution in [0.5, 0.6) is 5.75 Å². The van der Waals surface area contributed by atoms with Crippen molar-refractivity contribution >= 4 is 15.9 Å². The fourth-order valence-electron chi connectivity index (χ4n) is 2.33. The molecule has 0 amide bonds. The first-order valence-electron chi connectivity index (χ1n) is 6.77. The molecule has 1 aliphatic heterocycles. The lowest BCUT2D eigenvalue weighted by atomic mass is 9.99. The molecular formula is C13H20FN3O3S. The van der Waals surface area contributed by atoms with Gasteiger partial charge in [0.1, 0.15) is 0 Å². The average molecular weight is 317 g/mol. The zero-order valence-corrected chi connectivity index (χ0v) is 12.7. The molecule has 0 aliphatic carbocycles. The minimum absolute atomic E-state index is 0.0710. The van der Waals surface area contributed by atoms with E-state index >= 15 is 0 Å². The van der Waals surface area contributed by atoms with Crippen LogP contribution in [0.4, 0.5) is 10.1 Å². The maximum atomic E-state index is 13.6. The Kier molecular flexibility index (Phi) is 5.02. The van der Waals surface area contributed by atoms with E-state index in [9.17, 15) is 12.8 Å². The van der Waals surface area contributed by atoms with Gasteiger partial charge >= 0.3 is 10.2 Å². The van der Waals surface area contributed by atoms with Gasteiger partial charge in [0.15, 0.2) is 11.6 Å². The summed E-state index contributed by atoms with van der Waals surface area (Å²) < 4.78 is 46.6. The van der Waals surface area contributed by atoms with Crippen molar-refractivity contribution in [1.29, 1.82) is 0 Å². The standard InChI is InChI=1S/C13H20FN3O3S/c1-20-13-3-2-11(8-12(13)14)16-21(18,19)17-6-4-10(9-15)5-7-17/h2-3,8,10,16H,4-7,9,15H2,1H3. The lowest BCUT2D eigenvalue weighted by Gasteiger charge is -2.30. The number of ether oxygens (including phenoxy) is 1. The van der Waals surface area contributed by atoms with E-state index in [1.165, 1.54) is 23.5 Å². The number of hydrogen-bond acceptors (Lipinski definition) is 4. The summed E-state index contributed by atoms with van der Waals surface area (Å²) in [5, 5.41) is 0. The molecule has 1 aromatic carbocycles. The third-order valence-electron chi connectivity index (χ3n) is 3.65. The van der Waals surface area contributed by atoms with Crippen LogP contribution in [0, 0.1) is 11.7 Å². The van der Waals surface area contributed by atoms with E-state index in [0.29, 0.717) is 25.6 Å². The van der Waals surface area contributed by atoms with Crippen LogP contribution in [-0.2, 0) is 10.2 Å². The number of benzene rings is 1. The summed E-state index contributed by atoms with van der Waals surface area (Å²) in [5.74, 6) is -0.170. The predicted octanol–water partition coefficient (Wildman–Crippen LogP) is 1.16. The number of nitrogens with two attached hydrogens (primary N) is 1. The van der Waals surface area contributed by atoms with Gasteiger partial charge in [-0.2, -0.15) is 12.7 Å². The van der Waals surface area contributed by atoms with Crippen LogP contribution < -0.4 is 15.2 Å². The van der Waals surface area contributed by atoms with Crippen LogP contribution in [0.1, 0.15) is 12.8 Å². The zero-order chi connectivity index (χ0) is 15.5. The SMILES string of the molecule is COc1ccc(NS(=O)(=O)N2CCC(CN)CC2)cc1F. The van der Waals surface area contributed by atoms with E-state index in [-0.39, 0.29) is 11.4 Å². The Balaban J connectivity index is 2.06. The van der Waals surface area contributed by atoms with E-state index in [4.69, 9.17) is 10.5 Å². The van der Waals surface area contributed by atoms with Crippen molar-refractivity contribution < 1.29 is 17.5 Å². The minimum Gasteiger partial charge on any atom is -0.494 e. The van der Waals surface area contributed by atoms with Gasteiger partial charge in [-0.25, -0.2) is 4.39 Å². The fourth-order valence-corrected chi connectivity index (χ4v) is 3.57. The Hall–Kier alpha value is -1.38. The molecule has 2 rings (SSSR count). The second-order valence-electron chi connectivity index (χ2n) is 5.03. The quantitative estimate of drug-likeness (QED) is 0.853. The highest BCUT2D eigenvalue weighted by Gasteiger charge is 2.27. The molecule has 1 heterocycles. The molecule has 1 aliphatic rings. The molecule has 0 unspecified atom stereocenters. The van der Waals surface area contributed by atoms with Gasteiger partial charge in [0.2, 0.25) is 0 Å². The topological polar surface area (TPSA) is 84.7 Å². The van der Waals surface area contributed by atoms with E-state index in [1.807, 2.05) is 0 Å². The number of piperidine rings is 1. The normalized spacial score (nSPS) is 17.7. The molecule has 0 saturated carbocycles. The molecule has 1 fully saturated rings. The van der Waals surface area contributed by atoms with E-state index in [0.717, 1.165) is 18.9 Å². The van der Waals surface area contributed by atoms with E-state index in [1.54, 1.807) is 0 Å². The summed E-state index contributed by atoms with van der Waals surface area (Å²) in [4.78, 5) is 0. The van der Waals surface area contributed by atoms with Crippen LogP contribution >= 0.6 is 0 Å². The van der Waals surface area contributed by atoms with Crippen molar-refractivity contribution in [2.45, 2.75) is 12.8 Å². The van der Waals surface area contributed by atoms with Crippen molar-refractivity contribution in [2.24, 2.45) is 11.7 Å². The monoisotopic (exact) mass is 317 g/mol. The first-order chi connectivity index (χ1) is 9.96. The summed E-state index contributed by atoms with van der Waals surface area (Å²) in [6.45, 7) is 1.43. The first kappa shape index (κ1) is 16.0. The highest BCUT2D eigenvalue weighted by atomic mass is 32.2. The summed E-state index contributed by atoms with van der Waals surface area (Å²) in [6.07, 6.45) is 1.49. The minimum atomic E-state index is -3.67. The molecule has 118 valence electrons. The zero-order valence-electron chi connectivity index (χ0n) is 11.9. The summed E-state index contributed by atoms with van der Waals surface area (Å²) in [7, 11) is -2.32. The Labute approximate surface area is 124 Å². The van der Waals surface area contributed by atoms with Gasteiger partial charge in [-0.1, -0.05) is 0 Å². The van der Waals surface area contributed by atoms with Gasteiger partial charge in [0.05, 0.1) is 12.8 Å². The van der Waals surface area contributed by atoms with E-state index in [2.05, 4.69) is 4.72 Å². The van der Waals surface area contributed by atoms with Crippen molar-refractivity contribution in [1.82, 2.24) is 4.31 Å². The average Bonchev–Trinajstić information content (AvgIpc) is 2.47. The Morgan fingerprint density at radius 1 is 1.43 bits per heavy atom. The van der Waals surface area contributed by atoms with Crippen molar-refractivity contribution in [3.05, 3.63) is 24.0 Å². The summed E-state index contributed by atoms with van der Waals surface area (Å²) >= 11 is 0. The highest BCUT2D eigenvalue weighted by molar-refractivity contribution is 7.90. The van der Waals surface area contributed by atoms with Gasteiger partial charge in [-0.3, -0.25) is 4.72 Å². The molecule has 0 bridgehead atoms. The second-order valence-corrected chi connectivity index (χ2v) is 6.71. The third kappa shape index (κ3) is 3.84. The summed E-state index contributed by atoms with van der Waals surface area (Å²) in [5.41, 5.74) is 5.76. The predicted molar refractivity (Wildman–Crippen MR) is 78.8 cm³/mol. The maximum Gasteiger partial charge on any atom is 0.301 e. The van der Waals surface area contributed by atoms with Gasteiger partial charge in [0.25, 0.3) is 0 Å². The Morgan fingerprint density at radius 2 is 2.10 bits per heavy atom. The molecule has 0 spiro atoms. The molecule has 0 radical (unpaired) electrons. The molecule has 1 aromatic rings. The molecule has 6 nitrogen and oxygen atoms in total. The number of rotatable bonds is 5. The molecule has 8 heteroatoms. The van der Waals surface area contributed by atoms with Gasteiger partial charge < -0.3 is 10.5 Å². The number of nitrogens with one attached hydrogen (secondary N) is 1.